The molecule has 0 amide bonds. The minimum atomic E-state index is -0.504. The van der Waals surface area contributed by atoms with Crippen LogP contribution in [0.15, 0.2) is 235 Å². The number of fused-ring (bicyclic) bond motifs is 8. The molecule has 0 spiro atoms. The maximum atomic E-state index is 6.98. The molecule has 0 bridgehead atoms. The van der Waals surface area contributed by atoms with Crippen molar-refractivity contribution >= 4 is 50.0 Å². The fourth-order valence-electron chi connectivity index (χ4n) is 9.97. The highest BCUT2D eigenvalue weighted by molar-refractivity contribution is 6.18. The molecule has 2 aromatic heterocycles. The maximum absolute atomic E-state index is 6.98. The Balaban J connectivity index is 1.06. The van der Waals surface area contributed by atoms with Gasteiger partial charge in [0.15, 0.2) is 5.58 Å². The Bertz CT molecular complexity index is 3330. The van der Waals surface area contributed by atoms with Gasteiger partial charge in [0.2, 0.25) is 0 Å². The third-order valence-electron chi connectivity index (χ3n) is 12.4. The van der Waals surface area contributed by atoms with Gasteiger partial charge in [-0.05, 0) is 106 Å². The smallest absolute Gasteiger partial charge is 0.161 e. The standard InChI is InChI=1S/C57H38N2O/c1-5-20-40(21-6-1)57(41-22-7-2-8-23-41)51-33-15-13-29-47(51)48-36-35-45(38-52(48)57)58(42-24-9-3-10-25-42)44-28-17-19-39(37-44)46-31-18-32-50-54-56(60-55(46)50)49-30-14-16-34-53(49)59(54)43-26-11-4-12-27-43/h1-38H. The lowest BCUT2D eigenvalue weighted by molar-refractivity contribution is 0.674. The lowest BCUT2D eigenvalue weighted by Gasteiger charge is -2.35. The number of nitrogens with zero attached hydrogens (tertiary/aromatic N) is 2. The van der Waals surface area contributed by atoms with Crippen LogP contribution in [0.3, 0.4) is 0 Å². The van der Waals surface area contributed by atoms with E-state index in [1.807, 2.05) is 0 Å². The Morgan fingerprint density at radius 1 is 0.383 bits per heavy atom. The van der Waals surface area contributed by atoms with E-state index < -0.39 is 5.41 Å². The van der Waals surface area contributed by atoms with Gasteiger partial charge in [-0.3, -0.25) is 0 Å². The predicted molar refractivity (Wildman–Crippen MR) is 248 cm³/mol. The zero-order valence-corrected chi connectivity index (χ0v) is 32.7. The summed E-state index contributed by atoms with van der Waals surface area (Å²) < 4.78 is 9.31. The van der Waals surface area contributed by atoms with E-state index in [0.29, 0.717) is 0 Å². The molecule has 0 N–H and O–H groups in total. The molecule has 2 heterocycles. The van der Waals surface area contributed by atoms with Crippen LogP contribution in [-0.2, 0) is 5.41 Å². The normalized spacial score (nSPS) is 12.8. The molecule has 60 heavy (non-hydrogen) atoms. The van der Waals surface area contributed by atoms with Crippen LogP contribution >= 0.6 is 0 Å². The molecule has 0 atom stereocenters. The van der Waals surface area contributed by atoms with Gasteiger partial charge in [-0.2, -0.15) is 0 Å². The van der Waals surface area contributed by atoms with Crippen LogP contribution in [0.2, 0.25) is 0 Å². The van der Waals surface area contributed by atoms with Gasteiger partial charge in [0.1, 0.15) is 11.1 Å². The van der Waals surface area contributed by atoms with E-state index in [-0.39, 0.29) is 0 Å². The first-order valence-electron chi connectivity index (χ1n) is 20.6. The highest BCUT2D eigenvalue weighted by atomic mass is 16.3. The van der Waals surface area contributed by atoms with Crippen molar-refractivity contribution < 1.29 is 4.42 Å². The second-order valence-corrected chi connectivity index (χ2v) is 15.6. The Labute approximate surface area is 348 Å². The second-order valence-electron chi connectivity index (χ2n) is 15.6. The third-order valence-corrected chi connectivity index (χ3v) is 12.4. The summed E-state index contributed by atoms with van der Waals surface area (Å²) in [5.74, 6) is 0. The van der Waals surface area contributed by atoms with Crippen molar-refractivity contribution in [2.24, 2.45) is 0 Å². The lowest BCUT2D eigenvalue weighted by atomic mass is 9.67. The molecule has 0 unspecified atom stereocenters. The van der Waals surface area contributed by atoms with Crippen molar-refractivity contribution in [2.45, 2.75) is 5.41 Å². The Morgan fingerprint density at radius 2 is 0.950 bits per heavy atom. The van der Waals surface area contributed by atoms with E-state index in [4.69, 9.17) is 4.42 Å². The molecule has 1 aliphatic carbocycles. The second kappa shape index (κ2) is 13.6. The lowest BCUT2D eigenvalue weighted by Crippen LogP contribution is -2.28. The number of benzene rings is 9. The summed E-state index contributed by atoms with van der Waals surface area (Å²) in [5.41, 5.74) is 17.6. The Morgan fingerprint density at radius 3 is 1.72 bits per heavy atom. The molecular formula is C57H38N2O. The molecule has 11 aromatic rings. The van der Waals surface area contributed by atoms with Gasteiger partial charge in [-0.1, -0.05) is 164 Å². The summed E-state index contributed by atoms with van der Waals surface area (Å²) in [6.07, 6.45) is 0. The number of para-hydroxylation sites is 4. The molecule has 3 heteroatoms. The minimum absolute atomic E-state index is 0.504. The van der Waals surface area contributed by atoms with E-state index in [1.165, 1.54) is 33.4 Å². The van der Waals surface area contributed by atoms with Crippen molar-refractivity contribution in [3.8, 4) is 27.9 Å². The van der Waals surface area contributed by atoms with Crippen LogP contribution in [-0.4, -0.2) is 4.57 Å². The fraction of sp³-hybridized carbons (Fsp3) is 0.0175. The molecule has 1 aliphatic rings. The van der Waals surface area contributed by atoms with E-state index in [9.17, 15) is 0 Å². The van der Waals surface area contributed by atoms with Gasteiger partial charge in [0, 0.05) is 39.1 Å². The topological polar surface area (TPSA) is 21.3 Å². The van der Waals surface area contributed by atoms with Gasteiger partial charge in [0.05, 0.1) is 10.9 Å². The van der Waals surface area contributed by atoms with Gasteiger partial charge in [0.25, 0.3) is 0 Å². The van der Waals surface area contributed by atoms with E-state index >= 15 is 0 Å². The molecule has 9 aromatic carbocycles. The van der Waals surface area contributed by atoms with Crippen LogP contribution in [0.25, 0.3) is 60.9 Å². The van der Waals surface area contributed by atoms with Crippen molar-refractivity contribution in [3.05, 3.63) is 253 Å². The fourth-order valence-corrected chi connectivity index (χ4v) is 9.97. The zero-order valence-electron chi connectivity index (χ0n) is 32.7. The number of hydrogen-bond acceptors (Lipinski definition) is 2. The molecule has 0 saturated carbocycles. The number of furan rings is 1. The Hall–Kier alpha value is -7.88. The maximum Gasteiger partial charge on any atom is 0.161 e. The summed E-state index contributed by atoms with van der Waals surface area (Å²) in [6.45, 7) is 0. The van der Waals surface area contributed by atoms with Crippen LogP contribution in [0.1, 0.15) is 22.3 Å². The van der Waals surface area contributed by atoms with E-state index in [0.717, 1.165) is 66.8 Å². The predicted octanol–water partition coefficient (Wildman–Crippen LogP) is 15.0. The van der Waals surface area contributed by atoms with Gasteiger partial charge in [-0.15, -0.1) is 0 Å². The van der Waals surface area contributed by atoms with Crippen LogP contribution < -0.4 is 4.90 Å². The molecule has 0 aliphatic heterocycles. The highest BCUT2D eigenvalue weighted by Crippen LogP contribution is 2.57. The first kappa shape index (κ1) is 34.2. The average Bonchev–Trinajstić information content (AvgIpc) is 3.96. The summed E-state index contributed by atoms with van der Waals surface area (Å²) in [5, 5.41) is 2.19. The van der Waals surface area contributed by atoms with Crippen molar-refractivity contribution in [2.75, 3.05) is 4.90 Å². The van der Waals surface area contributed by atoms with Crippen LogP contribution in [0, 0.1) is 0 Å². The molecule has 0 radical (unpaired) electrons. The number of aromatic nitrogens is 1. The van der Waals surface area contributed by atoms with Crippen molar-refractivity contribution in [1.29, 1.82) is 0 Å². The monoisotopic (exact) mass is 766 g/mol. The third kappa shape index (κ3) is 5.03. The van der Waals surface area contributed by atoms with Crippen LogP contribution in [0.5, 0.6) is 0 Å². The van der Waals surface area contributed by atoms with Gasteiger partial charge >= 0.3 is 0 Å². The molecule has 282 valence electrons. The highest BCUT2D eigenvalue weighted by Gasteiger charge is 2.46. The number of anilines is 3. The summed E-state index contributed by atoms with van der Waals surface area (Å²) in [7, 11) is 0. The van der Waals surface area contributed by atoms with Crippen molar-refractivity contribution in [1.82, 2.24) is 4.57 Å². The Kier molecular flexibility index (Phi) is 7.76. The summed E-state index contributed by atoms with van der Waals surface area (Å²) in [6, 6.07) is 83.3. The number of rotatable bonds is 7. The molecule has 0 saturated heterocycles. The molecule has 0 fully saturated rings. The first-order valence-corrected chi connectivity index (χ1v) is 20.6. The van der Waals surface area contributed by atoms with Crippen molar-refractivity contribution in [3.63, 3.8) is 0 Å². The molecular weight excluding hydrogens is 729 g/mol. The summed E-state index contributed by atoms with van der Waals surface area (Å²) >= 11 is 0. The molecule has 3 nitrogen and oxygen atoms in total. The average molecular weight is 767 g/mol. The van der Waals surface area contributed by atoms with E-state index in [1.54, 1.807) is 0 Å². The quantitative estimate of drug-likeness (QED) is 0.161. The first-order chi connectivity index (χ1) is 29.8. The van der Waals surface area contributed by atoms with E-state index in [2.05, 4.69) is 240 Å². The zero-order chi connectivity index (χ0) is 39.6. The molecule has 12 rings (SSSR count). The summed E-state index contributed by atoms with van der Waals surface area (Å²) in [4.78, 5) is 2.39. The van der Waals surface area contributed by atoms with Gasteiger partial charge < -0.3 is 13.9 Å². The minimum Gasteiger partial charge on any atom is -0.453 e. The van der Waals surface area contributed by atoms with Gasteiger partial charge in [-0.25, -0.2) is 0 Å². The number of hydrogen-bond donors (Lipinski definition) is 0. The van der Waals surface area contributed by atoms with Crippen LogP contribution in [0.4, 0.5) is 17.1 Å². The largest absolute Gasteiger partial charge is 0.453 e. The SMILES string of the molecule is c1ccc(N(c2cccc(-c3cccc4c3oc3c5ccccc5n(-c5ccccc5)c43)c2)c2ccc3c(c2)C(c2ccccc2)(c2ccccc2)c2ccccc2-3)cc1.